The number of rotatable bonds is 4. The standard InChI is InChI=1S/C15H30N2O/c1-12(13-7-5-9-17(2)10-13)16-15-8-4-3-6-14(15)11-18/h12-16,18H,3-11H2,1-2H3. The van der Waals surface area contributed by atoms with Gasteiger partial charge in [0.05, 0.1) is 0 Å². The van der Waals surface area contributed by atoms with Gasteiger partial charge in [-0.2, -0.15) is 0 Å². The zero-order valence-electron chi connectivity index (χ0n) is 12.1. The fourth-order valence-corrected chi connectivity index (χ4v) is 3.73. The van der Waals surface area contributed by atoms with Gasteiger partial charge in [0, 0.05) is 25.2 Å². The molecule has 0 radical (unpaired) electrons. The summed E-state index contributed by atoms with van der Waals surface area (Å²) in [5, 5.41) is 13.3. The number of aliphatic hydroxyl groups excluding tert-OH is 1. The summed E-state index contributed by atoms with van der Waals surface area (Å²) < 4.78 is 0. The molecular formula is C15H30N2O. The number of hydrogen-bond donors (Lipinski definition) is 2. The van der Waals surface area contributed by atoms with Gasteiger partial charge in [-0.15, -0.1) is 0 Å². The quantitative estimate of drug-likeness (QED) is 0.804. The molecule has 0 amide bonds. The Kier molecular flexibility index (Phi) is 5.46. The van der Waals surface area contributed by atoms with E-state index in [0.29, 0.717) is 24.6 Å². The molecule has 0 aromatic carbocycles. The zero-order chi connectivity index (χ0) is 13.0. The van der Waals surface area contributed by atoms with Crippen molar-refractivity contribution in [3.05, 3.63) is 0 Å². The SMILES string of the molecule is CC(NC1CCCCC1CO)C1CCCN(C)C1. The molecule has 0 bridgehead atoms. The highest BCUT2D eigenvalue weighted by molar-refractivity contribution is 4.86. The fourth-order valence-electron chi connectivity index (χ4n) is 3.73. The van der Waals surface area contributed by atoms with Crippen molar-refractivity contribution >= 4 is 0 Å². The Balaban J connectivity index is 1.83. The predicted molar refractivity (Wildman–Crippen MR) is 75.7 cm³/mol. The third-order valence-electron chi connectivity index (χ3n) is 4.99. The van der Waals surface area contributed by atoms with E-state index in [9.17, 15) is 5.11 Å². The molecule has 1 saturated carbocycles. The van der Waals surface area contributed by atoms with Crippen LogP contribution in [0.5, 0.6) is 0 Å². The molecule has 0 aromatic heterocycles. The van der Waals surface area contributed by atoms with Crippen LogP contribution in [0.3, 0.4) is 0 Å². The molecule has 18 heavy (non-hydrogen) atoms. The van der Waals surface area contributed by atoms with Crippen molar-refractivity contribution in [2.45, 2.75) is 57.5 Å². The lowest BCUT2D eigenvalue weighted by atomic mass is 9.83. The van der Waals surface area contributed by atoms with E-state index in [1.165, 1.54) is 51.6 Å². The van der Waals surface area contributed by atoms with Gasteiger partial charge in [-0.1, -0.05) is 12.8 Å². The minimum atomic E-state index is 0.356. The van der Waals surface area contributed by atoms with Crippen molar-refractivity contribution in [2.24, 2.45) is 11.8 Å². The van der Waals surface area contributed by atoms with Gasteiger partial charge in [0.2, 0.25) is 0 Å². The molecule has 1 aliphatic carbocycles. The van der Waals surface area contributed by atoms with Crippen molar-refractivity contribution < 1.29 is 5.11 Å². The molecule has 1 heterocycles. The van der Waals surface area contributed by atoms with E-state index in [1.807, 2.05) is 0 Å². The van der Waals surface area contributed by atoms with Crippen LogP contribution in [0, 0.1) is 11.8 Å². The highest BCUT2D eigenvalue weighted by Crippen LogP contribution is 2.26. The topological polar surface area (TPSA) is 35.5 Å². The van der Waals surface area contributed by atoms with Gasteiger partial charge < -0.3 is 15.3 Å². The van der Waals surface area contributed by atoms with Crippen molar-refractivity contribution in [1.82, 2.24) is 10.2 Å². The average Bonchev–Trinajstić information content (AvgIpc) is 2.39. The maximum absolute atomic E-state index is 9.48. The molecule has 1 saturated heterocycles. The first-order valence-corrected chi connectivity index (χ1v) is 7.76. The van der Waals surface area contributed by atoms with E-state index >= 15 is 0 Å². The van der Waals surface area contributed by atoms with Crippen LogP contribution in [-0.4, -0.2) is 48.8 Å². The second-order valence-corrected chi connectivity index (χ2v) is 6.45. The van der Waals surface area contributed by atoms with E-state index in [-0.39, 0.29) is 0 Å². The Morgan fingerprint density at radius 2 is 2.00 bits per heavy atom. The summed E-state index contributed by atoms with van der Waals surface area (Å²) in [6, 6.07) is 1.14. The first-order valence-electron chi connectivity index (χ1n) is 7.76. The monoisotopic (exact) mass is 254 g/mol. The average molecular weight is 254 g/mol. The molecule has 0 spiro atoms. The third kappa shape index (κ3) is 3.69. The smallest absolute Gasteiger partial charge is 0.0474 e. The Morgan fingerprint density at radius 3 is 2.72 bits per heavy atom. The van der Waals surface area contributed by atoms with Crippen LogP contribution in [0.2, 0.25) is 0 Å². The number of aliphatic hydroxyl groups is 1. The Labute approximate surface area is 112 Å². The van der Waals surface area contributed by atoms with Gasteiger partial charge in [-0.3, -0.25) is 0 Å². The summed E-state index contributed by atoms with van der Waals surface area (Å²) in [7, 11) is 2.23. The summed E-state index contributed by atoms with van der Waals surface area (Å²) in [6.45, 7) is 5.18. The van der Waals surface area contributed by atoms with E-state index < -0.39 is 0 Å². The lowest BCUT2D eigenvalue weighted by Crippen LogP contribution is -2.50. The molecular weight excluding hydrogens is 224 g/mol. The Hall–Kier alpha value is -0.120. The van der Waals surface area contributed by atoms with Crippen LogP contribution < -0.4 is 5.32 Å². The van der Waals surface area contributed by atoms with Gasteiger partial charge in [0.15, 0.2) is 0 Å². The molecule has 2 fully saturated rings. The van der Waals surface area contributed by atoms with Gasteiger partial charge in [0.1, 0.15) is 0 Å². The normalized spacial score (nSPS) is 36.5. The third-order valence-corrected chi connectivity index (χ3v) is 4.99. The molecule has 4 unspecified atom stereocenters. The summed E-state index contributed by atoms with van der Waals surface area (Å²) in [5.74, 6) is 1.27. The minimum absolute atomic E-state index is 0.356. The maximum Gasteiger partial charge on any atom is 0.0474 e. The van der Waals surface area contributed by atoms with Crippen molar-refractivity contribution in [3.63, 3.8) is 0 Å². The molecule has 2 N–H and O–H groups in total. The second kappa shape index (κ2) is 6.88. The molecule has 106 valence electrons. The largest absolute Gasteiger partial charge is 0.396 e. The maximum atomic E-state index is 9.48. The summed E-state index contributed by atoms with van der Waals surface area (Å²) >= 11 is 0. The lowest BCUT2D eigenvalue weighted by Gasteiger charge is -2.39. The zero-order valence-corrected chi connectivity index (χ0v) is 12.1. The molecule has 3 heteroatoms. The number of likely N-dealkylation sites (tertiary alicyclic amines) is 1. The Morgan fingerprint density at radius 1 is 1.22 bits per heavy atom. The van der Waals surface area contributed by atoms with Gasteiger partial charge >= 0.3 is 0 Å². The van der Waals surface area contributed by atoms with E-state index in [2.05, 4.69) is 24.2 Å². The van der Waals surface area contributed by atoms with Crippen molar-refractivity contribution in [1.29, 1.82) is 0 Å². The molecule has 1 aliphatic heterocycles. The van der Waals surface area contributed by atoms with Gasteiger partial charge in [0.25, 0.3) is 0 Å². The van der Waals surface area contributed by atoms with Crippen molar-refractivity contribution in [3.8, 4) is 0 Å². The number of nitrogens with zero attached hydrogens (tertiary/aromatic N) is 1. The van der Waals surface area contributed by atoms with Gasteiger partial charge in [-0.25, -0.2) is 0 Å². The first kappa shape index (κ1) is 14.3. The van der Waals surface area contributed by atoms with Crippen LogP contribution in [0.25, 0.3) is 0 Å². The Bertz CT molecular complexity index is 247. The van der Waals surface area contributed by atoms with Crippen LogP contribution in [0.4, 0.5) is 0 Å². The predicted octanol–water partition coefficient (Wildman–Crippen LogP) is 1.86. The molecule has 0 aromatic rings. The number of hydrogen-bond acceptors (Lipinski definition) is 3. The number of piperidine rings is 1. The highest BCUT2D eigenvalue weighted by Gasteiger charge is 2.29. The van der Waals surface area contributed by atoms with Crippen molar-refractivity contribution in [2.75, 3.05) is 26.7 Å². The second-order valence-electron chi connectivity index (χ2n) is 6.45. The first-order chi connectivity index (χ1) is 8.70. The molecule has 2 aliphatic rings. The van der Waals surface area contributed by atoms with E-state index in [0.717, 1.165) is 5.92 Å². The van der Waals surface area contributed by atoms with Crippen LogP contribution >= 0.6 is 0 Å². The molecule has 2 rings (SSSR count). The molecule has 3 nitrogen and oxygen atoms in total. The van der Waals surface area contributed by atoms with Crippen LogP contribution in [0.1, 0.15) is 45.4 Å². The molecule has 4 atom stereocenters. The van der Waals surface area contributed by atoms with E-state index in [4.69, 9.17) is 0 Å². The number of nitrogens with one attached hydrogen (secondary N) is 1. The highest BCUT2D eigenvalue weighted by atomic mass is 16.3. The van der Waals surface area contributed by atoms with Crippen LogP contribution in [0.15, 0.2) is 0 Å². The summed E-state index contributed by atoms with van der Waals surface area (Å²) in [6.07, 6.45) is 7.76. The van der Waals surface area contributed by atoms with E-state index in [1.54, 1.807) is 0 Å². The fraction of sp³-hybridized carbons (Fsp3) is 1.00. The minimum Gasteiger partial charge on any atom is -0.396 e. The summed E-state index contributed by atoms with van der Waals surface area (Å²) in [4.78, 5) is 2.46. The lowest BCUT2D eigenvalue weighted by molar-refractivity contribution is 0.123. The summed E-state index contributed by atoms with van der Waals surface area (Å²) in [5.41, 5.74) is 0. The van der Waals surface area contributed by atoms with Crippen LogP contribution in [-0.2, 0) is 0 Å². The van der Waals surface area contributed by atoms with Gasteiger partial charge in [-0.05, 0) is 58.0 Å².